The average Bonchev–Trinajstić information content (AvgIpc) is 2.38. The van der Waals surface area contributed by atoms with Gasteiger partial charge in [0, 0.05) is 4.91 Å². The first-order valence-electron chi connectivity index (χ1n) is 4.94. The van der Waals surface area contributed by atoms with Gasteiger partial charge in [-0.15, -0.1) is 0 Å². The molecule has 0 amide bonds. The van der Waals surface area contributed by atoms with Crippen molar-refractivity contribution in [3.8, 4) is 0 Å². The van der Waals surface area contributed by atoms with Gasteiger partial charge in [-0.1, -0.05) is 22.8 Å². The van der Waals surface area contributed by atoms with E-state index in [0.717, 1.165) is 0 Å². The number of rotatable bonds is 5. The van der Waals surface area contributed by atoms with Crippen molar-refractivity contribution in [2.24, 2.45) is 11.0 Å². The molecule has 0 aromatic heterocycles. The fourth-order valence-electron chi connectivity index (χ4n) is 1.23. The number of carbonyl (C=O) groups is 2. The summed E-state index contributed by atoms with van der Waals surface area (Å²) < 4.78 is 4.64. The van der Waals surface area contributed by atoms with Gasteiger partial charge < -0.3 is 9.57 Å². The fourth-order valence-corrected chi connectivity index (χ4v) is 1.51. The Kier molecular flexibility index (Phi) is 5.62. The zero-order valence-corrected chi connectivity index (χ0v) is 10.3. The molecule has 0 bridgehead atoms. The molecular weight excluding hydrogens is 276 g/mol. The zero-order chi connectivity index (χ0) is 14.3. The quantitative estimate of drug-likeness (QED) is 0.289. The highest BCUT2D eigenvalue weighted by Crippen LogP contribution is 2.19. The molecule has 0 atom stereocenters. The summed E-state index contributed by atoms with van der Waals surface area (Å²) in [7, 11) is 0. The van der Waals surface area contributed by atoms with Crippen LogP contribution in [0.15, 0.2) is 23.3 Å². The normalized spacial score (nSPS) is 9.37. The number of benzene rings is 1. The summed E-state index contributed by atoms with van der Waals surface area (Å²) in [6.07, 6.45) is -0.0652. The third-order valence-corrected chi connectivity index (χ3v) is 2.36. The van der Waals surface area contributed by atoms with Crippen LogP contribution >= 0.6 is 11.6 Å². The smallest absolute Gasteiger partial charge is 0.339 e. The topological polar surface area (TPSA) is 127 Å². The second-order valence-corrected chi connectivity index (χ2v) is 3.68. The van der Waals surface area contributed by atoms with Gasteiger partial charge in [-0.05, 0) is 23.2 Å². The third kappa shape index (κ3) is 4.47. The van der Waals surface area contributed by atoms with Crippen LogP contribution in [0.25, 0.3) is 10.4 Å². The number of azide groups is 1. The first-order chi connectivity index (χ1) is 9.08. The van der Waals surface area contributed by atoms with Crippen molar-refractivity contribution < 1.29 is 19.2 Å². The lowest BCUT2D eigenvalue weighted by molar-refractivity contribution is -0.143. The van der Waals surface area contributed by atoms with E-state index in [1.807, 2.05) is 0 Å². The van der Waals surface area contributed by atoms with Crippen molar-refractivity contribution in [3.05, 3.63) is 44.8 Å². The maximum atomic E-state index is 11.5. The van der Waals surface area contributed by atoms with E-state index >= 15 is 0 Å². The zero-order valence-electron chi connectivity index (χ0n) is 9.58. The van der Waals surface area contributed by atoms with Crippen LogP contribution < -0.4 is 5.90 Å². The molecule has 8 nitrogen and oxygen atoms in total. The van der Waals surface area contributed by atoms with Gasteiger partial charge in [0.15, 0.2) is 6.73 Å². The Morgan fingerprint density at radius 1 is 1.47 bits per heavy atom. The summed E-state index contributed by atoms with van der Waals surface area (Å²) in [5.41, 5.74) is 8.67. The number of carbonyl (C=O) groups excluding carboxylic acids is 2. The van der Waals surface area contributed by atoms with E-state index in [2.05, 4.69) is 19.6 Å². The van der Waals surface area contributed by atoms with E-state index in [4.69, 9.17) is 23.0 Å². The van der Waals surface area contributed by atoms with Crippen LogP contribution in [0.5, 0.6) is 0 Å². The molecule has 19 heavy (non-hydrogen) atoms. The molecule has 0 aliphatic carbocycles. The molecule has 0 spiro atoms. The minimum absolute atomic E-state index is 0.0652. The molecule has 9 heteroatoms. The van der Waals surface area contributed by atoms with Crippen molar-refractivity contribution in [2.45, 2.75) is 6.42 Å². The minimum atomic E-state index is -0.731. The van der Waals surface area contributed by atoms with Gasteiger partial charge >= 0.3 is 11.9 Å². The van der Waals surface area contributed by atoms with E-state index in [1.165, 1.54) is 18.2 Å². The maximum Gasteiger partial charge on any atom is 0.339 e. The van der Waals surface area contributed by atoms with Crippen molar-refractivity contribution in [3.63, 3.8) is 0 Å². The molecule has 0 unspecified atom stereocenters. The predicted octanol–water partition coefficient (Wildman–Crippen LogP) is 1.72. The Bertz CT molecular complexity index is 542. The molecule has 0 saturated heterocycles. The summed E-state index contributed by atoms with van der Waals surface area (Å²) in [6, 6.07) is 4.31. The fraction of sp³-hybridized carbons (Fsp3) is 0.200. The van der Waals surface area contributed by atoms with Crippen LogP contribution in [0.4, 0.5) is 0 Å². The Labute approximate surface area is 112 Å². The maximum absolute atomic E-state index is 11.5. The van der Waals surface area contributed by atoms with Crippen LogP contribution in [0.3, 0.4) is 0 Å². The lowest BCUT2D eigenvalue weighted by atomic mass is 10.1. The molecule has 100 valence electrons. The number of nitrogens with two attached hydrogens (primary N) is 1. The van der Waals surface area contributed by atoms with Crippen molar-refractivity contribution in [1.29, 1.82) is 0 Å². The van der Waals surface area contributed by atoms with Gasteiger partial charge in [-0.25, -0.2) is 4.79 Å². The van der Waals surface area contributed by atoms with Gasteiger partial charge in [0.1, 0.15) is 0 Å². The van der Waals surface area contributed by atoms with E-state index in [1.54, 1.807) is 0 Å². The minimum Gasteiger partial charge on any atom is -0.456 e. The Hall–Kier alpha value is -2.28. The molecule has 1 rings (SSSR count). The number of halogens is 1. The number of ether oxygens (including phenoxy) is 1. The summed E-state index contributed by atoms with van der Waals surface area (Å²) in [5, 5.41) is 3.16. The predicted molar refractivity (Wildman–Crippen MR) is 64.9 cm³/mol. The summed E-state index contributed by atoms with van der Waals surface area (Å²) in [6.45, 7) is -0.424. The van der Waals surface area contributed by atoms with Crippen LogP contribution in [-0.4, -0.2) is 18.7 Å². The highest BCUT2D eigenvalue weighted by atomic mass is 35.5. The van der Waals surface area contributed by atoms with Gasteiger partial charge in [-0.3, -0.25) is 4.79 Å². The molecule has 2 N–H and O–H groups in total. The second kappa shape index (κ2) is 7.22. The molecule has 1 aromatic carbocycles. The van der Waals surface area contributed by atoms with Gasteiger partial charge in [0.05, 0.1) is 17.0 Å². The first kappa shape index (κ1) is 14.8. The Morgan fingerprint density at radius 2 is 2.21 bits per heavy atom. The average molecular weight is 285 g/mol. The molecule has 0 heterocycles. The molecular formula is C10H9ClN4O4. The van der Waals surface area contributed by atoms with Crippen LogP contribution in [0, 0.1) is 0 Å². The van der Waals surface area contributed by atoms with E-state index < -0.39 is 18.7 Å². The summed E-state index contributed by atoms with van der Waals surface area (Å²) >= 11 is 5.88. The van der Waals surface area contributed by atoms with Crippen LogP contribution in [0.2, 0.25) is 5.02 Å². The number of hydrogen-bond acceptors (Lipinski definition) is 6. The third-order valence-electron chi connectivity index (χ3n) is 2.05. The molecule has 0 aliphatic heterocycles. The lowest BCUT2D eigenvalue weighted by Gasteiger charge is -2.05. The van der Waals surface area contributed by atoms with E-state index in [-0.39, 0.29) is 17.0 Å². The standard InChI is InChI=1S/C10H9ClN4O4/c11-8-3-6(4-9(16)19-13)1-2-7(8)10(17)18-5-14-15-12/h1-3H,4-5,13H2. The number of nitrogens with zero attached hydrogens (tertiary/aromatic N) is 3. The van der Waals surface area contributed by atoms with Crippen LogP contribution in [-0.2, 0) is 20.8 Å². The van der Waals surface area contributed by atoms with Crippen molar-refractivity contribution in [1.82, 2.24) is 0 Å². The van der Waals surface area contributed by atoms with Gasteiger partial charge in [-0.2, -0.15) is 5.90 Å². The van der Waals surface area contributed by atoms with Crippen LogP contribution in [0.1, 0.15) is 15.9 Å². The molecule has 1 aromatic rings. The Balaban J connectivity index is 2.79. The second-order valence-electron chi connectivity index (χ2n) is 3.27. The monoisotopic (exact) mass is 284 g/mol. The van der Waals surface area contributed by atoms with Gasteiger partial charge in [0.2, 0.25) is 0 Å². The SMILES string of the molecule is [N-]=[N+]=NCOC(=O)c1ccc(CC(=O)ON)cc1Cl. The van der Waals surface area contributed by atoms with E-state index in [9.17, 15) is 9.59 Å². The molecule has 0 fully saturated rings. The Morgan fingerprint density at radius 3 is 2.79 bits per heavy atom. The van der Waals surface area contributed by atoms with Gasteiger partial charge in [0.25, 0.3) is 0 Å². The molecule has 0 saturated carbocycles. The number of hydrogen-bond donors (Lipinski definition) is 1. The number of esters is 1. The van der Waals surface area contributed by atoms with E-state index in [0.29, 0.717) is 5.56 Å². The highest BCUT2D eigenvalue weighted by Gasteiger charge is 2.13. The van der Waals surface area contributed by atoms with Crippen molar-refractivity contribution in [2.75, 3.05) is 6.73 Å². The summed E-state index contributed by atoms with van der Waals surface area (Å²) in [5.74, 6) is 3.35. The van der Waals surface area contributed by atoms with Crippen molar-refractivity contribution >= 4 is 23.5 Å². The first-order valence-corrected chi connectivity index (χ1v) is 5.32. The largest absolute Gasteiger partial charge is 0.456 e. The molecule has 0 radical (unpaired) electrons. The lowest BCUT2D eigenvalue weighted by Crippen LogP contribution is -2.12. The summed E-state index contributed by atoms with van der Waals surface area (Å²) in [4.78, 5) is 28.9. The highest BCUT2D eigenvalue weighted by molar-refractivity contribution is 6.33. The molecule has 0 aliphatic rings.